The number of benzene rings is 2. The van der Waals surface area contributed by atoms with Gasteiger partial charge in [0.05, 0.1) is 11.5 Å². The van der Waals surface area contributed by atoms with Crippen molar-refractivity contribution in [3.8, 4) is 16.9 Å². The average Bonchev–Trinajstić information content (AvgIpc) is 3.13. The minimum Gasteiger partial charge on any atom is -0.505 e. The van der Waals surface area contributed by atoms with Gasteiger partial charge >= 0.3 is 0 Å². The van der Waals surface area contributed by atoms with Crippen LogP contribution in [0.5, 0.6) is 5.75 Å². The zero-order valence-corrected chi connectivity index (χ0v) is 15.7. The Morgan fingerprint density at radius 2 is 1.86 bits per heavy atom. The maximum Gasteiger partial charge on any atom is 0.200 e. The van der Waals surface area contributed by atoms with E-state index in [1.807, 2.05) is 30.3 Å². The third-order valence-corrected chi connectivity index (χ3v) is 5.79. The smallest absolute Gasteiger partial charge is 0.200 e. The predicted molar refractivity (Wildman–Crippen MR) is 105 cm³/mol. The summed E-state index contributed by atoms with van der Waals surface area (Å²) in [6.45, 7) is 0.372. The number of nitrogens with one attached hydrogen (secondary N) is 1. The summed E-state index contributed by atoms with van der Waals surface area (Å²) in [6.07, 6.45) is -1.63. The van der Waals surface area contributed by atoms with E-state index in [0.29, 0.717) is 28.4 Å². The molecule has 3 heterocycles. The van der Waals surface area contributed by atoms with Crippen LogP contribution in [-0.2, 0) is 11.3 Å². The van der Waals surface area contributed by atoms with Crippen LogP contribution in [0.25, 0.3) is 22.1 Å². The summed E-state index contributed by atoms with van der Waals surface area (Å²) in [6, 6.07) is 12.0. The molecule has 2 unspecified atom stereocenters. The molecular weight excluding hydrogens is 400 g/mol. The second-order valence-electron chi connectivity index (χ2n) is 6.70. The lowest BCUT2D eigenvalue weighted by molar-refractivity contribution is 0.156. The summed E-state index contributed by atoms with van der Waals surface area (Å²) in [4.78, 5) is 0. The molecule has 0 aliphatic carbocycles. The number of furan rings is 1. The van der Waals surface area contributed by atoms with Crippen LogP contribution in [0.1, 0.15) is 17.4 Å². The number of aromatic hydroxyl groups is 1. The molecule has 0 amide bonds. The molecule has 0 radical (unpaired) electrons. The highest BCUT2D eigenvalue weighted by molar-refractivity contribution is 7.14. The van der Waals surface area contributed by atoms with E-state index < -0.39 is 29.8 Å². The van der Waals surface area contributed by atoms with Gasteiger partial charge < -0.3 is 24.7 Å². The number of anilines is 1. The Bertz CT molecular complexity index is 1190. The van der Waals surface area contributed by atoms with Gasteiger partial charge in [0.1, 0.15) is 17.4 Å². The van der Waals surface area contributed by atoms with Crippen molar-refractivity contribution in [1.29, 1.82) is 0 Å². The number of phenolic OH excluding ortho intramolecular Hbond substituents is 1. The number of hydrogen-bond donors (Lipinski definition) is 3. The summed E-state index contributed by atoms with van der Waals surface area (Å²) in [7, 11) is 0. The van der Waals surface area contributed by atoms with Crippen molar-refractivity contribution in [3.63, 3.8) is 0 Å². The minimum atomic E-state index is -1.31. The fraction of sp³-hybridized carbons (Fsp3) is 0.143. The minimum absolute atomic E-state index is 0.00830. The average molecular weight is 415 g/mol. The molecule has 3 N–H and O–H groups in total. The first-order chi connectivity index (χ1) is 14.0. The van der Waals surface area contributed by atoms with Gasteiger partial charge in [-0.05, 0) is 24.3 Å². The van der Waals surface area contributed by atoms with Crippen molar-refractivity contribution >= 4 is 27.3 Å². The van der Waals surface area contributed by atoms with Crippen molar-refractivity contribution in [2.24, 2.45) is 0 Å². The van der Waals surface area contributed by atoms with Crippen LogP contribution in [-0.4, -0.2) is 16.5 Å². The second-order valence-corrected chi connectivity index (χ2v) is 7.58. The molecule has 5 rings (SSSR count). The first-order valence-corrected chi connectivity index (χ1v) is 9.74. The van der Waals surface area contributed by atoms with Crippen LogP contribution < -0.4 is 5.32 Å². The number of aliphatic hydroxyl groups is 1. The van der Waals surface area contributed by atoms with Gasteiger partial charge in [0.2, 0.25) is 5.82 Å². The molecule has 1 fully saturated rings. The first-order valence-electron chi connectivity index (χ1n) is 8.86. The molecule has 0 spiro atoms. The molecule has 4 aromatic rings. The Kier molecular flexibility index (Phi) is 4.27. The lowest BCUT2D eigenvalue weighted by Crippen LogP contribution is -2.00. The summed E-state index contributed by atoms with van der Waals surface area (Å²) < 4.78 is 39.2. The SMILES string of the molecule is Oc1ccc(-c2csc(NCc3cc4ccccc4o3)c2C2OC2O)c(F)c1F. The number of rotatable bonds is 5. The van der Waals surface area contributed by atoms with Crippen molar-refractivity contribution in [3.05, 3.63) is 70.8 Å². The molecule has 2 atom stereocenters. The number of epoxide rings is 1. The summed E-state index contributed by atoms with van der Waals surface area (Å²) in [5.41, 5.74) is 1.72. The van der Waals surface area contributed by atoms with Gasteiger partial charge in [0, 0.05) is 27.5 Å². The molecule has 1 saturated heterocycles. The van der Waals surface area contributed by atoms with Gasteiger partial charge in [-0.1, -0.05) is 18.2 Å². The van der Waals surface area contributed by atoms with E-state index in [0.717, 1.165) is 17.0 Å². The number of thiophene rings is 1. The lowest BCUT2D eigenvalue weighted by atomic mass is 10.0. The van der Waals surface area contributed by atoms with Gasteiger partial charge in [-0.25, -0.2) is 4.39 Å². The highest BCUT2D eigenvalue weighted by atomic mass is 32.1. The van der Waals surface area contributed by atoms with E-state index in [4.69, 9.17) is 9.15 Å². The van der Waals surface area contributed by atoms with Crippen LogP contribution in [0.2, 0.25) is 0 Å². The Hall–Kier alpha value is -2.94. The van der Waals surface area contributed by atoms with Crippen LogP contribution >= 0.6 is 11.3 Å². The molecule has 8 heteroatoms. The van der Waals surface area contributed by atoms with Crippen molar-refractivity contribution < 1.29 is 28.1 Å². The number of hydrogen-bond acceptors (Lipinski definition) is 6. The number of para-hydroxylation sites is 1. The van der Waals surface area contributed by atoms with Crippen LogP contribution in [0, 0.1) is 11.6 Å². The zero-order chi connectivity index (χ0) is 20.1. The fourth-order valence-electron chi connectivity index (χ4n) is 3.35. The third-order valence-electron chi connectivity index (χ3n) is 4.83. The molecule has 1 aliphatic heterocycles. The Balaban J connectivity index is 1.48. The molecule has 5 nitrogen and oxygen atoms in total. The summed E-state index contributed by atoms with van der Waals surface area (Å²) >= 11 is 1.29. The summed E-state index contributed by atoms with van der Waals surface area (Å²) in [5.74, 6) is -2.50. The maximum absolute atomic E-state index is 14.4. The van der Waals surface area contributed by atoms with Gasteiger partial charge in [-0.15, -0.1) is 11.3 Å². The number of halogens is 2. The molecule has 0 saturated carbocycles. The largest absolute Gasteiger partial charge is 0.505 e. The lowest BCUT2D eigenvalue weighted by Gasteiger charge is -2.09. The standard InChI is InChI=1S/C21H15F2NO4S/c22-17-12(5-6-14(25)18(17)23)13-9-29-20(16(13)19-21(26)28-19)24-8-11-7-10-3-1-2-4-15(10)27-11/h1-7,9,19,21,24-26H,8H2. The monoisotopic (exact) mass is 415 g/mol. The third kappa shape index (κ3) is 3.15. The van der Waals surface area contributed by atoms with E-state index in [2.05, 4.69) is 5.32 Å². The van der Waals surface area contributed by atoms with E-state index in [9.17, 15) is 19.0 Å². The molecule has 1 aliphatic rings. The molecule has 0 bridgehead atoms. The van der Waals surface area contributed by atoms with E-state index in [1.165, 1.54) is 17.4 Å². The Morgan fingerprint density at radius 3 is 2.62 bits per heavy atom. The zero-order valence-electron chi connectivity index (χ0n) is 14.9. The maximum atomic E-state index is 14.4. The van der Waals surface area contributed by atoms with Gasteiger partial charge in [-0.2, -0.15) is 4.39 Å². The van der Waals surface area contributed by atoms with Crippen LogP contribution in [0.3, 0.4) is 0 Å². The molecular formula is C21H15F2NO4S. The molecule has 148 valence electrons. The van der Waals surface area contributed by atoms with Crippen LogP contribution in [0.15, 0.2) is 52.3 Å². The first kappa shape index (κ1) is 18.1. The van der Waals surface area contributed by atoms with E-state index in [-0.39, 0.29) is 5.56 Å². The van der Waals surface area contributed by atoms with Crippen LogP contribution in [0.4, 0.5) is 13.8 Å². The van der Waals surface area contributed by atoms with Gasteiger partial charge in [0.25, 0.3) is 0 Å². The quantitative estimate of drug-likeness (QED) is 0.393. The van der Waals surface area contributed by atoms with Crippen molar-refractivity contribution in [1.82, 2.24) is 0 Å². The van der Waals surface area contributed by atoms with Gasteiger partial charge in [0.15, 0.2) is 17.9 Å². The second kappa shape index (κ2) is 6.84. The summed E-state index contributed by atoms with van der Waals surface area (Å²) in [5, 5.41) is 25.7. The fourth-order valence-corrected chi connectivity index (χ4v) is 4.35. The van der Waals surface area contributed by atoms with E-state index >= 15 is 0 Å². The number of phenols is 1. The van der Waals surface area contributed by atoms with E-state index in [1.54, 1.807) is 5.38 Å². The Labute approximate surface area is 167 Å². The topological polar surface area (TPSA) is 78.2 Å². The number of ether oxygens (including phenoxy) is 1. The number of fused-ring (bicyclic) bond motifs is 1. The Morgan fingerprint density at radius 1 is 1.07 bits per heavy atom. The van der Waals surface area contributed by atoms with Crippen molar-refractivity contribution in [2.45, 2.75) is 18.9 Å². The van der Waals surface area contributed by atoms with Crippen molar-refractivity contribution in [2.75, 3.05) is 5.32 Å². The highest BCUT2D eigenvalue weighted by Gasteiger charge is 2.43. The highest BCUT2D eigenvalue weighted by Crippen LogP contribution is 2.49. The molecule has 2 aromatic heterocycles. The molecule has 2 aromatic carbocycles. The number of aliphatic hydroxyl groups excluding tert-OH is 1. The predicted octanol–water partition coefficient (Wildman–Crippen LogP) is 5.15. The molecule has 29 heavy (non-hydrogen) atoms. The normalized spacial score (nSPS) is 18.3. The van der Waals surface area contributed by atoms with Gasteiger partial charge in [-0.3, -0.25) is 0 Å².